The van der Waals surface area contributed by atoms with E-state index in [-0.39, 0.29) is 5.97 Å². The van der Waals surface area contributed by atoms with Crippen LogP contribution in [0.1, 0.15) is 12.0 Å². The summed E-state index contributed by atoms with van der Waals surface area (Å²) in [7, 11) is 1.80. The van der Waals surface area contributed by atoms with E-state index in [4.69, 9.17) is 4.74 Å². The molecule has 14 heavy (non-hydrogen) atoms. The zero-order valence-corrected chi connectivity index (χ0v) is 8.54. The molecule has 1 N–H and O–H groups in total. The van der Waals surface area contributed by atoms with Crippen molar-refractivity contribution in [3.8, 4) is 5.75 Å². The molecule has 0 aliphatic carbocycles. The van der Waals surface area contributed by atoms with E-state index >= 15 is 0 Å². The Hall–Kier alpha value is -1.35. The second-order valence-corrected chi connectivity index (χ2v) is 3.14. The molecule has 0 spiro atoms. The fourth-order valence-corrected chi connectivity index (χ4v) is 1.02. The Morgan fingerprint density at radius 3 is 2.57 bits per heavy atom. The molecule has 0 amide bonds. The summed E-state index contributed by atoms with van der Waals surface area (Å²) in [4.78, 5) is 11.2. The Morgan fingerprint density at radius 2 is 2.00 bits per heavy atom. The molecule has 0 saturated carbocycles. The van der Waals surface area contributed by atoms with Crippen molar-refractivity contribution in [1.82, 2.24) is 5.32 Å². The third-order valence-corrected chi connectivity index (χ3v) is 1.83. The summed E-state index contributed by atoms with van der Waals surface area (Å²) < 4.78 is 5.09. The topological polar surface area (TPSA) is 38.3 Å². The molecule has 3 nitrogen and oxygen atoms in total. The predicted molar refractivity (Wildman–Crippen MR) is 55.4 cm³/mol. The van der Waals surface area contributed by atoms with Gasteiger partial charge in [-0.1, -0.05) is 17.7 Å². The van der Waals surface area contributed by atoms with Gasteiger partial charge in [-0.3, -0.25) is 4.79 Å². The molecule has 0 fully saturated rings. The van der Waals surface area contributed by atoms with Crippen molar-refractivity contribution in [2.75, 3.05) is 13.6 Å². The highest BCUT2D eigenvalue weighted by Gasteiger charge is 2.02. The molecule has 0 bridgehead atoms. The molecular formula is C11H15NO2. The van der Waals surface area contributed by atoms with Gasteiger partial charge in [-0.15, -0.1) is 0 Å². The van der Waals surface area contributed by atoms with Crippen molar-refractivity contribution < 1.29 is 9.53 Å². The molecule has 0 heterocycles. The van der Waals surface area contributed by atoms with Gasteiger partial charge in [-0.25, -0.2) is 0 Å². The van der Waals surface area contributed by atoms with Gasteiger partial charge in [0.2, 0.25) is 0 Å². The lowest BCUT2D eigenvalue weighted by molar-refractivity contribution is -0.134. The third-order valence-electron chi connectivity index (χ3n) is 1.83. The van der Waals surface area contributed by atoms with E-state index in [0.717, 1.165) is 5.56 Å². The van der Waals surface area contributed by atoms with Gasteiger partial charge < -0.3 is 10.1 Å². The first kappa shape index (κ1) is 10.7. The Kier molecular flexibility index (Phi) is 4.13. The summed E-state index contributed by atoms with van der Waals surface area (Å²) >= 11 is 0. The van der Waals surface area contributed by atoms with Crippen LogP contribution in [0.4, 0.5) is 0 Å². The highest BCUT2D eigenvalue weighted by atomic mass is 16.5. The Bertz CT molecular complexity index is 293. The van der Waals surface area contributed by atoms with Gasteiger partial charge >= 0.3 is 5.97 Å². The van der Waals surface area contributed by atoms with Crippen LogP contribution in [-0.2, 0) is 4.79 Å². The van der Waals surface area contributed by atoms with Crippen LogP contribution in [0, 0.1) is 6.92 Å². The van der Waals surface area contributed by atoms with Gasteiger partial charge in [0.15, 0.2) is 0 Å². The molecule has 0 aliphatic heterocycles. The van der Waals surface area contributed by atoms with Crippen LogP contribution < -0.4 is 10.1 Å². The van der Waals surface area contributed by atoms with Crippen molar-refractivity contribution in [3.63, 3.8) is 0 Å². The Balaban J connectivity index is 2.44. The zero-order valence-electron chi connectivity index (χ0n) is 8.54. The molecule has 0 saturated heterocycles. The first-order valence-electron chi connectivity index (χ1n) is 4.64. The molecular weight excluding hydrogens is 178 g/mol. The van der Waals surface area contributed by atoms with Crippen LogP contribution in [0.3, 0.4) is 0 Å². The van der Waals surface area contributed by atoms with E-state index in [0.29, 0.717) is 18.7 Å². The maximum absolute atomic E-state index is 11.2. The van der Waals surface area contributed by atoms with Crippen molar-refractivity contribution in [3.05, 3.63) is 29.8 Å². The molecule has 1 aromatic carbocycles. The average Bonchev–Trinajstić information content (AvgIpc) is 2.18. The Morgan fingerprint density at radius 1 is 1.36 bits per heavy atom. The van der Waals surface area contributed by atoms with Crippen LogP contribution in [-0.4, -0.2) is 19.6 Å². The lowest BCUT2D eigenvalue weighted by Crippen LogP contribution is -2.16. The van der Waals surface area contributed by atoms with Crippen LogP contribution in [0.15, 0.2) is 24.3 Å². The van der Waals surface area contributed by atoms with Crippen molar-refractivity contribution >= 4 is 5.97 Å². The van der Waals surface area contributed by atoms with E-state index in [2.05, 4.69) is 5.32 Å². The fourth-order valence-electron chi connectivity index (χ4n) is 1.02. The average molecular weight is 193 g/mol. The van der Waals surface area contributed by atoms with Crippen molar-refractivity contribution in [1.29, 1.82) is 0 Å². The summed E-state index contributed by atoms with van der Waals surface area (Å²) in [6.45, 7) is 2.64. The van der Waals surface area contributed by atoms with Crippen molar-refractivity contribution in [2.24, 2.45) is 0 Å². The smallest absolute Gasteiger partial charge is 0.312 e. The van der Waals surface area contributed by atoms with E-state index in [1.54, 1.807) is 19.2 Å². The van der Waals surface area contributed by atoms with E-state index < -0.39 is 0 Å². The Labute approximate surface area is 84.1 Å². The van der Waals surface area contributed by atoms with Crippen LogP contribution >= 0.6 is 0 Å². The predicted octanol–water partition coefficient (Wildman–Crippen LogP) is 1.51. The van der Waals surface area contributed by atoms with E-state index in [1.165, 1.54) is 0 Å². The first-order chi connectivity index (χ1) is 6.72. The molecule has 0 radical (unpaired) electrons. The minimum absolute atomic E-state index is 0.205. The maximum Gasteiger partial charge on any atom is 0.312 e. The number of carbonyl (C=O) groups excluding carboxylic acids is 1. The molecule has 3 heteroatoms. The summed E-state index contributed by atoms with van der Waals surface area (Å²) in [5, 5.41) is 2.89. The number of rotatable bonds is 4. The largest absolute Gasteiger partial charge is 0.426 e. The molecule has 76 valence electrons. The standard InChI is InChI=1S/C11H15NO2/c1-9-3-5-10(6-4-9)14-11(13)7-8-12-2/h3-6,12H,7-8H2,1-2H3. The summed E-state index contributed by atoms with van der Waals surface area (Å²) in [5.41, 5.74) is 1.15. The van der Waals surface area contributed by atoms with Crippen LogP contribution in [0.2, 0.25) is 0 Å². The van der Waals surface area contributed by atoms with Gasteiger partial charge in [0, 0.05) is 6.54 Å². The highest BCUT2D eigenvalue weighted by Crippen LogP contribution is 2.11. The second-order valence-electron chi connectivity index (χ2n) is 3.14. The van der Waals surface area contributed by atoms with Gasteiger partial charge in [-0.2, -0.15) is 0 Å². The number of nitrogens with one attached hydrogen (secondary N) is 1. The van der Waals surface area contributed by atoms with Gasteiger partial charge in [0.05, 0.1) is 6.42 Å². The van der Waals surface area contributed by atoms with Crippen LogP contribution in [0.25, 0.3) is 0 Å². The SMILES string of the molecule is CNCCC(=O)Oc1ccc(C)cc1. The normalized spacial score (nSPS) is 9.86. The molecule has 1 aromatic rings. The third kappa shape index (κ3) is 3.58. The van der Waals surface area contributed by atoms with Crippen LogP contribution in [0.5, 0.6) is 5.75 Å². The molecule has 0 atom stereocenters. The van der Waals surface area contributed by atoms with Gasteiger partial charge in [0.25, 0.3) is 0 Å². The first-order valence-corrected chi connectivity index (χ1v) is 4.64. The minimum atomic E-state index is -0.205. The number of hydrogen-bond acceptors (Lipinski definition) is 3. The highest BCUT2D eigenvalue weighted by molar-refractivity contribution is 5.72. The number of benzene rings is 1. The molecule has 0 aliphatic rings. The number of aryl methyl sites for hydroxylation is 1. The number of carbonyl (C=O) groups is 1. The summed E-state index contributed by atoms with van der Waals surface area (Å²) in [6.07, 6.45) is 0.393. The quantitative estimate of drug-likeness (QED) is 0.582. The van der Waals surface area contributed by atoms with E-state index in [9.17, 15) is 4.79 Å². The maximum atomic E-state index is 11.2. The van der Waals surface area contributed by atoms with Gasteiger partial charge in [-0.05, 0) is 26.1 Å². The fraction of sp³-hybridized carbons (Fsp3) is 0.364. The number of hydrogen-bond donors (Lipinski definition) is 1. The van der Waals surface area contributed by atoms with Gasteiger partial charge in [0.1, 0.15) is 5.75 Å². The molecule has 0 unspecified atom stereocenters. The summed E-state index contributed by atoms with van der Waals surface area (Å²) in [6, 6.07) is 7.43. The molecule has 0 aromatic heterocycles. The number of ether oxygens (including phenoxy) is 1. The number of esters is 1. The van der Waals surface area contributed by atoms with Crippen molar-refractivity contribution in [2.45, 2.75) is 13.3 Å². The lowest BCUT2D eigenvalue weighted by Gasteiger charge is -2.03. The van der Waals surface area contributed by atoms with E-state index in [1.807, 2.05) is 19.1 Å². The monoisotopic (exact) mass is 193 g/mol. The zero-order chi connectivity index (χ0) is 10.4. The lowest BCUT2D eigenvalue weighted by atomic mass is 10.2. The molecule has 1 rings (SSSR count). The second kappa shape index (κ2) is 5.40. The minimum Gasteiger partial charge on any atom is -0.426 e. The summed E-state index contributed by atoms with van der Waals surface area (Å²) in [5.74, 6) is 0.403.